The summed E-state index contributed by atoms with van der Waals surface area (Å²) in [5, 5.41) is 17.2. The number of nitrogens with zero attached hydrogens (tertiary/aromatic N) is 4. The van der Waals surface area contributed by atoms with Crippen LogP contribution in [-0.4, -0.2) is 31.4 Å². The van der Waals surface area contributed by atoms with Crippen LogP contribution in [0, 0.1) is 0 Å². The van der Waals surface area contributed by atoms with Gasteiger partial charge in [0, 0.05) is 11.1 Å². The maximum absolute atomic E-state index is 12.7. The van der Waals surface area contributed by atoms with E-state index >= 15 is 0 Å². The molecule has 0 saturated heterocycles. The highest BCUT2D eigenvalue weighted by Gasteiger charge is 2.19. The van der Waals surface area contributed by atoms with Crippen molar-refractivity contribution < 1.29 is 4.79 Å². The van der Waals surface area contributed by atoms with E-state index in [0.717, 1.165) is 22.1 Å². The van der Waals surface area contributed by atoms with Gasteiger partial charge in [0.05, 0.1) is 10.9 Å². The number of aromatic nitrogens is 4. The third kappa shape index (κ3) is 3.68. The van der Waals surface area contributed by atoms with Gasteiger partial charge in [-0.15, -0.1) is 5.10 Å². The number of carbonyl (C=O) groups is 1. The molecule has 0 unspecified atom stereocenters. The van der Waals surface area contributed by atoms with Crippen molar-refractivity contribution in [1.29, 1.82) is 0 Å². The first-order chi connectivity index (χ1) is 13.2. The Labute approximate surface area is 160 Å². The van der Waals surface area contributed by atoms with E-state index in [0.29, 0.717) is 5.16 Å². The molecule has 0 fully saturated rings. The molecule has 1 aromatic heterocycles. The summed E-state index contributed by atoms with van der Waals surface area (Å²) >= 11 is 1.32. The molecule has 1 atom stereocenters. The molecule has 1 amide bonds. The fourth-order valence-electron chi connectivity index (χ4n) is 2.76. The Morgan fingerprint density at radius 2 is 1.74 bits per heavy atom. The number of carbonyl (C=O) groups excluding carboxylic acids is 1. The zero-order valence-electron chi connectivity index (χ0n) is 14.6. The van der Waals surface area contributed by atoms with E-state index in [2.05, 4.69) is 20.8 Å². The van der Waals surface area contributed by atoms with Crippen LogP contribution >= 0.6 is 11.8 Å². The number of tetrazole rings is 1. The highest BCUT2D eigenvalue weighted by atomic mass is 32.2. The molecule has 1 N–H and O–H groups in total. The van der Waals surface area contributed by atoms with Gasteiger partial charge in [-0.25, -0.2) is 0 Å². The predicted octanol–water partition coefficient (Wildman–Crippen LogP) is 3.93. The first-order valence-corrected chi connectivity index (χ1v) is 9.39. The van der Waals surface area contributed by atoms with Crippen LogP contribution in [0.15, 0.2) is 78.0 Å². The average molecular weight is 375 g/mol. The average Bonchev–Trinajstić information content (AvgIpc) is 3.17. The number of fused-ring (bicyclic) bond motifs is 1. The topological polar surface area (TPSA) is 72.7 Å². The Hall–Kier alpha value is -3.19. The lowest BCUT2D eigenvalue weighted by Gasteiger charge is -2.13. The SMILES string of the molecule is C[C@@H](Sc1nnnn1-c1ccccc1)C(=O)Nc1cccc2ccccc12. The molecule has 0 aliphatic heterocycles. The van der Waals surface area contributed by atoms with E-state index in [9.17, 15) is 4.79 Å². The van der Waals surface area contributed by atoms with Gasteiger partial charge in [0.2, 0.25) is 11.1 Å². The minimum absolute atomic E-state index is 0.0982. The highest BCUT2D eigenvalue weighted by Crippen LogP contribution is 2.26. The minimum Gasteiger partial charge on any atom is -0.325 e. The Balaban J connectivity index is 1.52. The maximum Gasteiger partial charge on any atom is 0.237 e. The molecule has 1 heterocycles. The molecule has 134 valence electrons. The summed E-state index contributed by atoms with van der Waals surface area (Å²) in [5.41, 5.74) is 1.65. The largest absolute Gasteiger partial charge is 0.325 e. The van der Waals surface area contributed by atoms with E-state index in [1.165, 1.54) is 11.8 Å². The zero-order valence-corrected chi connectivity index (χ0v) is 15.4. The number of nitrogens with one attached hydrogen (secondary N) is 1. The molecule has 0 aliphatic rings. The molecule has 0 spiro atoms. The smallest absolute Gasteiger partial charge is 0.237 e. The van der Waals surface area contributed by atoms with Crippen molar-refractivity contribution in [3.63, 3.8) is 0 Å². The monoisotopic (exact) mass is 375 g/mol. The second-order valence-corrected chi connectivity index (χ2v) is 7.29. The third-order valence-electron chi connectivity index (χ3n) is 4.14. The van der Waals surface area contributed by atoms with Crippen LogP contribution in [0.5, 0.6) is 0 Å². The number of rotatable bonds is 5. The van der Waals surface area contributed by atoms with Crippen LogP contribution in [0.1, 0.15) is 6.92 Å². The lowest BCUT2D eigenvalue weighted by Crippen LogP contribution is -2.23. The molecular formula is C20H17N5OS. The summed E-state index contributed by atoms with van der Waals surface area (Å²) in [4.78, 5) is 12.7. The van der Waals surface area contributed by atoms with Gasteiger partial charge in [0.15, 0.2) is 0 Å². The van der Waals surface area contributed by atoms with Crippen LogP contribution in [-0.2, 0) is 4.79 Å². The number of benzene rings is 3. The second-order valence-electron chi connectivity index (χ2n) is 5.98. The van der Waals surface area contributed by atoms with Gasteiger partial charge in [0.1, 0.15) is 0 Å². The van der Waals surface area contributed by atoms with Crippen LogP contribution < -0.4 is 5.32 Å². The second kappa shape index (κ2) is 7.59. The van der Waals surface area contributed by atoms with Crippen molar-refractivity contribution in [3.8, 4) is 5.69 Å². The number of hydrogen-bond donors (Lipinski definition) is 1. The molecule has 3 aromatic carbocycles. The molecule has 0 bridgehead atoms. The van der Waals surface area contributed by atoms with Gasteiger partial charge >= 0.3 is 0 Å². The standard InChI is InChI=1S/C20H17N5OS/c1-14(27-20-22-23-24-25(20)16-10-3-2-4-11-16)19(26)21-18-13-7-9-15-8-5-6-12-17(15)18/h2-14H,1H3,(H,21,26)/t14-/m1/s1. The maximum atomic E-state index is 12.7. The minimum atomic E-state index is -0.363. The molecule has 4 aromatic rings. The van der Waals surface area contributed by atoms with Crippen molar-refractivity contribution in [3.05, 3.63) is 72.8 Å². The first kappa shape index (κ1) is 17.2. The van der Waals surface area contributed by atoms with Crippen molar-refractivity contribution in [2.45, 2.75) is 17.3 Å². The number of amides is 1. The van der Waals surface area contributed by atoms with E-state index in [1.54, 1.807) is 4.68 Å². The van der Waals surface area contributed by atoms with Gasteiger partial charge in [-0.1, -0.05) is 66.4 Å². The number of anilines is 1. The van der Waals surface area contributed by atoms with Gasteiger partial charge in [-0.2, -0.15) is 4.68 Å². The van der Waals surface area contributed by atoms with E-state index < -0.39 is 0 Å². The van der Waals surface area contributed by atoms with Gasteiger partial charge < -0.3 is 5.32 Å². The summed E-state index contributed by atoms with van der Waals surface area (Å²) in [6.45, 7) is 1.84. The van der Waals surface area contributed by atoms with Crippen molar-refractivity contribution in [2.24, 2.45) is 0 Å². The highest BCUT2D eigenvalue weighted by molar-refractivity contribution is 8.00. The molecule has 4 rings (SSSR count). The van der Waals surface area contributed by atoms with Crippen molar-refractivity contribution in [2.75, 3.05) is 5.32 Å². The van der Waals surface area contributed by atoms with Crippen LogP contribution in [0.4, 0.5) is 5.69 Å². The van der Waals surface area contributed by atoms with Crippen LogP contribution in [0.2, 0.25) is 0 Å². The normalized spacial score (nSPS) is 12.0. The van der Waals surface area contributed by atoms with Gasteiger partial charge in [0.25, 0.3) is 0 Å². The Kier molecular flexibility index (Phi) is 4.84. The zero-order chi connectivity index (χ0) is 18.6. The molecule has 6 nitrogen and oxygen atoms in total. The molecule has 0 saturated carbocycles. The predicted molar refractivity (Wildman–Crippen MR) is 107 cm³/mol. The lowest BCUT2D eigenvalue weighted by atomic mass is 10.1. The first-order valence-electron chi connectivity index (χ1n) is 8.51. The van der Waals surface area contributed by atoms with E-state index in [-0.39, 0.29) is 11.2 Å². The fourth-order valence-corrected chi connectivity index (χ4v) is 3.57. The number of para-hydroxylation sites is 1. The lowest BCUT2D eigenvalue weighted by molar-refractivity contribution is -0.115. The fraction of sp³-hybridized carbons (Fsp3) is 0.100. The van der Waals surface area contributed by atoms with Gasteiger partial charge in [-0.05, 0) is 40.9 Å². The molecular weight excluding hydrogens is 358 g/mol. The Morgan fingerprint density at radius 1 is 1.00 bits per heavy atom. The van der Waals surface area contributed by atoms with Crippen LogP contribution in [0.3, 0.4) is 0 Å². The summed E-state index contributed by atoms with van der Waals surface area (Å²) in [6, 6.07) is 23.4. The number of hydrogen-bond acceptors (Lipinski definition) is 5. The summed E-state index contributed by atoms with van der Waals surface area (Å²) in [7, 11) is 0. The molecule has 0 aliphatic carbocycles. The molecule has 0 radical (unpaired) electrons. The quantitative estimate of drug-likeness (QED) is 0.535. The van der Waals surface area contributed by atoms with Crippen LogP contribution in [0.25, 0.3) is 16.5 Å². The molecule has 27 heavy (non-hydrogen) atoms. The molecule has 7 heteroatoms. The van der Waals surface area contributed by atoms with Crippen molar-refractivity contribution in [1.82, 2.24) is 20.2 Å². The van der Waals surface area contributed by atoms with E-state index in [4.69, 9.17) is 0 Å². The van der Waals surface area contributed by atoms with E-state index in [1.807, 2.05) is 79.7 Å². The number of thioether (sulfide) groups is 1. The summed E-state index contributed by atoms with van der Waals surface area (Å²) < 4.78 is 1.63. The van der Waals surface area contributed by atoms with Crippen molar-refractivity contribution >= 4 is 34.1 Å². The Morgan fingerprint density at radius 3 is 2.59 bits per heavy atom. The summed E-state index contributed by atoms with van der Waals surface area (Å²) in [5.74, 6) is -0.0982. The Bertz CT molecular complexity index is 1070. The third-order valence-corrected chi connectivity index (χ3v) is 5.17. The summed E-state index contributed by atoms with van der Waals surface area (Å²) in [6.07, 6.45) is 0. The van der Waals surface area contributed by atoms with Gasteiger partial charge in [-0.3, -0.25) is 4.79 Å².